The number of fused-ring (bicyclic) bond motifs is 2. The molecule has 1 aromatic rings. The lowest BCUT2D eigenvalue weighted by atomic mass is 9.87. The predicted molar refractivity (Wildman–Crippen MR) is 86.9 cm³/mol. The third-order valence-corrected chi connectivity index (χ3v) is 4.71. The third-order valence-electron chi connectivity index (χ3n) is 4.41. The van der Waals surface area contributed by atoms with Gasteiger partial charge in [-0.2, -0.15) is 0 Å². The first-order valence-electron chi connectivity index (χ1n) is 7.42. The first-order valence-corrected chi connectivity index (χ1v) is 7.80. The van der Waals surface area contributed by atoms with E-state index in [2.05, 4.69) is 17.4 Å². The lowest BCUT2D eigenvalue weighted by Crippen LogP contribution is -2.20. The van der Waals surface area contributed by atoms with E-state index in [1.807, 2.05) is 24.3 Å². The van der Waals surface area contributed by atoms with Crippen molar-refractivity contribution in [2.45, 2.75) is 12.3 Å². The highest BCUT2D eigenvalue weighted by molar-refractivity contribution is 6.32. The van der Waals surface area contributed by atoms with Gasteiger partial charge >= 0.3 is 0 Å². The summed E-state index contributed by atoms with van der Waals surface area (Å²) in [6.45, 7) is 1.75. The van der Waals surface area contributed by atoms with Gasteiger partial charge in [0.1, 0.15) is 11.5 Å². The van der Waals surface area contributed by atoms with Gasteiger partial charge in [0.05, 0.1) is 11.3 Å². The number of phenols is 1. The smallest absolute Gasteiger partial charge is 0.134 e. The average molecular weight is 314 g/mol. The summed E-state index contributed by atoms with van der Waals surface area (Å²) >= 11 is 6.08. The van der Waals surface area contributed by atoms with E-state index in [9.17, 15) is 5.11 Å². The van der Waals surface area contributed by atoms with Gasteiger partial charge in [0.2, 0.25) is 0 Å². The summed E-state index contributed by atoms with van der Waals surface area (Å²) in [5, 5.41) is 13.9. The van der Waals surface area contributed by atoms with Gasteiger partial charge in [-0.25, -0.2) is 0 Å². The Hall–Kier alpha value is -1.97. The largest absolute Gasteiger partial charge is 0.506 e. The Balaban J connectivity index is 1.88. The van der Waals surface area contributed by atoms with Crippen LogP contribution in [0, 0.1) is 0 Å². The standard InChI is InChI=1S/C18H16ClNO2/c19-16-8-11-5-6-20-10-15(14(11)9-17(16)21)12-3-4-18-13(12)2-1-7-22-18/h1-4,7-9,15,20-21H,5-6,10H2. The van der Waals surface area contributed by atoms with Crippen molar-refractivity contribution < 1.29 is 9.52 Å². The SMILES string of the molecule is Oc1cc2c(cc1Cl)CCNCC2c1ccc2occcc1-2. The van der Waals surface area contributed by atoms with Crippen molar-refractivity contribution in [2.75, 3.05) is 13.1 Å². The minimum absolute atomic E-state index is 0.146. The fourth-order valence-corrected chi connectivity index (χ4v) is 3.52. The van der Waals surface area contributed by atoms with Gasteiger partial charge in [0.25, 0.3) is 0 Å². The Kier molecular flexibility index (Phi) is 3.32. The predicted octanol–water partition coefficient (Wildman–Crippen LogP) is 4.02. The van der Waals surface area contributed by atoms with Crippen LogP contribution in [0.5, 0.6) is 5.75 Å². The number of halogens is 1. The van der Waals surface area contributed by atoms with Gasteiger partial charge in [-0.05, 0) is 60.0 Å². The number of hydrogen-bond donors (Lipinski definition) is 2. The number of rotatable bonds is 1. The van der Waals surface area contributed by atoms with Crippen LogP contribution in [0.15, 0.2) is 47.1 Å². The normalized spacial score (nSPS) is 18.1. The Morgan fingerprint density at radius 1 is 1.18 bits per heavy atom. The van der Waals surface area contributed by atoms with Gasteiger partial charge in [-0.3, -0.25) is 0 Å². The summed E-state index contributed by atoms with van der Waals surface area (Å²) in [4.78, 5) is 0. The van der Waals surface area contributed by atoms with Crippen molar-refractivity contribution in [3.8, 4) is 17.1 Å². The molecule has 0 radical (unpaired) electrons. The van der Waals surface area contributed by atoms with Crippen molar-refractivity contribution in [1.29, 1.82) is 0 Å². The van der Waals surface area contributed by atoms with E-state index in [1.165, 1.54) is 11.1 Å². The summed E-state index contributed by atoms with van der Waals surface area (Å²) in [6, 6.07) is 11.8. The molecule has 4 rings (SSSR count). The molecule has 4 heteroatoms. The van der Waals surface area contributed by atoms with Crippen molar-refractivity contribution in [2.24, 2.45) is 0 Å². The topological polar surface area (TPSA) is 45.4 Å². The molecule has 0 saturated carbocycles. The summed E-state index contributed by atoms with van der Waals surface area (Å²) in [7, 11) is 0. The summed E-state index contributed by atoms with van der Waals surface area (Å²) in [5.41, 5.74) is 4.68. The molecular formula is C18H16ClNO2. The molecule has 1 atom stereocenters. The molecule has 0 aromatic heterocycles. The minimum Gasteiger partial charge on any atom is -0.506 e. The molecule has 0 fully saturated rings. The van der Waals surface area contributed by atoms with Gasteiger partial charge in [-0.1, -0.05) is 17.7 Å². The molecular weight excluding hydrogens is 298 g/mol. The van der Waals surface area contributed by atoms with Crippen LogP contribution in [0.4, 0.5) is 0 Å². The number of benzene rings is 1. The van der Waals surface area contributed by atoms with E-state index >= 15 is 0 Å². The lowest BCUT2D eigenvalue weighted by molar-refractivity contribution is 0.474. The second kappa shape index (κ2) is 5.34. The van der Waals surface area contributed by atoms with Crippen molar-refractivity contribution in [3.05, 3.63) is 64.4 Å². The van der Waals surface area contributed by atoms with E-state index in [4.69, 9.17) is 16.0 Å². The van der Waals surface area contributed by atoms with Crippen LogP contribution in [-0.4, -0.2) is 18.2 Å². The molecule has 0 bridgehead atoms. The molecule has 0 amide bonds. The summed E-state index contributed by atoms with van der Waals surface area (Å²) in [6.07, 6.45) is 2.60. The zero-order valence-electron chi connectivity index (χ0n) is 12.0. The average Bonchev–Trinajstić information content (AvgIpc) is 2.85. The van der Waals surface area contributed by atoms with Crippen molar-refractivity contribution in [1.82, 2.24) is 5.32 Å². The molecule has 0 saturated heterocycles. The van der Waals surface area contributed by atoms with Gasteiger partial charge in [0.15, 0.2) is 0 Å². The van der Waals surface area contributed by atoms with Crippen LogP contribution in [0.2, 0.25) is 5.02 Å². The Morgan fingerprint density at radius 2 is 2.09 bits per heavy atom. The Labute approximate surface area is 133 Å². The van der Waals surface area contributed by atoms with E-state index in [0.29, 0.717) is 5.02 Å². The monoisotopic (exact) mass is 313 g/mol. The fourth-order valence-electron chi connectivity index (χ4n) is 3.34. The van der Waals surface area contributed by atoms with Gasteiger partial charge in [0, 0.05) is 18.0 Å². The van der Waals surface area contributed by atoms with Crippen LogP contribution in [0.1, 0.15) is 22.6 Å². The molecule has 1 aromatic carbocycles. The van der Waals surface area contributed by atoms with E-state index in [0.717, 1.165) is 36.4 Å². The summed E-state index contributed by atoms with van der Waals surface area (Å²) in [5.74, 6) is 1.21. The molecule has 2 aliphatic heterocycles. The van der Waals surface area contributed by atoms with Crippen molar-refractivity contribution >= 4 is 11.6 Å². The number of hydrogen-bond acceptors (Lipinski definition) is 3. The number of aromatic hydroxyl groups is 1. The van der Waals surface area contributed by atoms with E-state index in [1.54, 1.807) is 6.26 Å². The molecule has 1 aliphatic carbocycles. The highest BCUT2D eigenvalue weighted by Gasteiger charge is 2.25. The van der Waals surface area contributed by atoms with Crippen LogP contribution in [-0.2, 0) is 6.42 Å². The highest BCUT2D eigenvalue weighted by atomic mass is 35.5. The third kappa shape index (κ3) is 2.18. The maximum absolute atomic E-state index is 10.0. The van der Waals surface area contributed by atoms with Crippen LogP contribution in [0.25, 0.3) is 11.3 Å². The molecule has 3 aliphatic rings. The Bertz CT molecular complexity index is 796. The quantitative estimate of drug-likeness (QED) is 0.713. The number of nitrogens with one attached hydrogen (secondary N) is 1. The second-order valence-corrected chi connectivity index (χ2v) is 6.10. The van der Waals surface area contributed by atoms with Crippen LogP contribution >= 0.6 is 11.6 Å². The van der Waals surface area contributed by atoms with Gasteiger partial charge in [-0.15, -0.1) is 0 Å². The highest BCUT2D eigenvalue weighted by Crippen LogP contribution is 2.40. The minimum atomic E-state index is 0.146. The lowest BCUT2D eigenvalue weighted by Gasteiger charge is -2.19. The fraction of sp³-hybridized carbons (Fsp3) is 0.222. The van der Waals surface area contributed by atoms with E-state index in [-0.39, 0.29) is 11.7 Å². The van der Waals surface area contributed by atoms with Gasteiger partial charge < -0.3 is 14.8 Å². The summed E-state index contributed by atoms with van der Waals surface area (Å²) < 4.78 is 5.55. The van der Waals surface area contributed by atoms with E-state index < -0.39 is 0 Å². The second-order valence-electron chi connectivity index (χ2n) is 5.69. The molecule has 112 valence electrons. The maximum Gasteiger partial charge on any atom is 0.134 e. The maximum atomic E-state index is 10.0. The van der Waals surface area contributed by atoms with Crippen molar-refractivity contribution in [3.63, 3.8) is 0 Å². The molecule has 0 spiro atoms. The molecule has 2 N–H and O–H groups in total. The molecule has 1 unspecified atom stereocenters. The first-order chi connectivity index (χ1) is 10.7. The zero-order chi connectivity index (χ0) is 15.1. The first kappa shape index (κ1) is 13.7. The molecule has 2 heterocycles. The van der Waals surface area contributed by atoms with Crippen LogP contribution in [0.3, 0.4) is 0 Å². The molecule has 22 heavy (non-hydrogen) atoms. The number of phenolic OH excluding ortho intramolecular Hbond substituents is 1. The van der Waals surface area contributed by atoms with Crippen LogP contribution < -0.4 is 5.32 Å². The Morgan fingerprint density at radius 3 is 3.00 bits per heavy atom. The zero-order valence-corrected chi connectivity index (χ0v) is 12.7. The molecule has 3 nitrogen and oxygen atoms in total.